The number of carbonyl (C=O) groups excluding carboxylic acids is 3. The van der Waals surface area contributed by atoms with Gasteiger partial charge in [-0.05, 0) is 31.4 Å². The number of piperazine rings is 1. The lowest BCUT2D eigenvalue weighted by atomic mass is 9.85. The molecule has 8 heteroatoms. The van der Waals surface area contributed by atoms with Crippen LogP contribution in [0.4, 0.5) is 5.82 Å². The number of esters is 1. The van der Waals surface area contributed by atoms with Crippen molar-refractivity contribution in [1.82, 2.24) is 14.8 Å². The summed E-state index contributed by atoms with van der Waals surface area (Å²) in [4.78, 5) is 49.3. The van der Waals surface area contributed by atoms with E-state index in [1.807, 2.05) is 30.4 Å². The van der Waals surface area contributed by atoms with Gasteiger partial charge in [-0.1, -0.05) is 63.7 Å². The number of hydrogen-bond donors (Lipinski definition) is 0. The van der Waals surface area contributed by atoms with E-state index in [0.717, 1.165) is 51.3 Å². The number of nitrogens with zero attached hydrogens (tertiary/aromatic N) is 4. The molecule has 4 rings (SSSR count). The molecule has 8 nitrogen and oxygen atoms in total. The number of aromatic nitrogens is 1. The average molecular weight is 525 g/mol. The molecule has 2 fully saturated rings. The maximum Gasteiger partial charge on any atom is 0.306 e. The van der Waals surface area contributed by atoms with Gasteiger partial charge in [0.2, 0.25) is 11.8 Å². The van der Waals surface area contributed by atoms with Gasteiger partial charge in [0.1, 0.15) is 11.9 Å². The number of allylic oxidation sites excluding steroid dienone is 2. The fourth-order valence-corrected chi connectivity index (χ4v) is 5.84. The van der Waals surface area contributed by atoms with Crippen molar-refractivity contribution in [1.29, 1.82) is 0 Å². The van der Waals surface area contributed by atoms with Crippen LogP contribution in [-0.4, -0.2) is 77.9 Å². The zero-order valence-corrected chi connectivity index (χ0v) is 22.9. The van der Waals surface area contributed by atoms with E-state index in [1.54, 1.807) is 6.20 Å². The van der Waals surface area contributed by atoms with Crippen molar-refractivity contribution in [3.05, 3.63) is 36.5 Å². The van der Waals surface area contributed by atoms with Crippen molar-refractivity contribution in [2.75, 3.05) is 44.2 Å². The van der Waals surface area contributed by atoms with E-state index in [1.165, 1.54) is 30.6 Å². The van der Waals surface area contributed by atoms with Crippen LogP contribution in [-0.2, 0) is 19.1 Å². The molecule has 2 aliphatic heterocycles. The smallest absolute Gasteiger partial charge is 0.306 e. The molecule has 3 heterocycles. The van der Waals surface area contributed by atoms with Crippen molar-refractivity contribution in [3.8, 4) is 0 Å². The summed E-state index contributed by atoms with van der Waals surface area (Å²) in [6, 6.07) is 5.92. The van der Waals surface area contributed by atoms with Gasteiger partial charge in [0.15, 0.2) is 0 Å². The highest BCUT2D eigenvalue weighted by atomic mass is 16.5. The second-order valence-corrected chi connectivity index (χ2v) is 10.9. The van der Waals surface area contributed by atoms with Gasteiger partial charge in [-0.15, -0.1) is 0 Å². The van der Waals surface area contributed by atoms with E-state index in [-0.39, 0.29) is 36.2 Å². The number of anilines is 1. The fourth-order valence-electron chi connectivity index (χ4n) is 5.84. The molecule has 3 aliphatic rings. The molecular weight excluding hydrogens is 480 g/mol. The first-order chi connectivity index (χ1) is 18.6. The largest absolute Gasteiger partial charge is 0.459 e. The molecule has 0 aromatic carbocycles. The van der Waals surface area contributed by atoms with Gasteiger partial charge < -0.3 is 9.64 Å². The third-order valence-electron chi connectivity index (χ3n) is 8.08. The van der Waals surface area contributed by atoms with Crippen LogP contribution in [0, 0.1) is 11.8 Å². The first-order valence-electron chi connectivity index (χ1n) is 14.6. The molecule has 1 aromatic heterocycles. The molecule has 0 N–H and O–H groups in total. The maximum absolute atomic E-state index is 13.1. The first-order valence-corrected chi connectivity index (χ1v) is 14.6. The van der Waals surface area contributed by atoms with Gasteiger partial charge in [0.25, 0.3) is 0 Å². The van der Waals surface area contributed by atoms with Crippen molar-refractivity contribution in [2.45, 2.75) is 77.2 Å². The number of unbranched alkanes of at least 4 members (excludes halogenated alkanes) is 6. The number of pyridine rings is 1. The van der Waals surface area contributed by atoms with E-state index >= 15 is 0 Å². The van der Waals surface area contributed by atoms with Crippen LogP contribution in [0.3, 0.4) is 0 Å². The summed E-state index contributed by atoms with van der Waals surface area (Å²) in [5.74, 6) is -0.0185. The van der Waals surface area contributed by atoms with Crippen LogP contribution in [0.25, 0.3) is 0 Å². The molecule has 3 atom stereocenters. The standard InChI is InChI=1S/C30H44N4O4/c1-2-3-4-5-6-7-8-16-28(35)38-24(23-34-29(36)25-13-9-10-14-26(25)30(34)37)22-32-18-20-33(21-19-32)27-15-11-12-17-31-27/h9-12,15,17,24-26H,2-8,13-14,16,18-23H2,1H3/t24?,25-,26+. The summed E-state index contributed by atoms with van der Waals surface area (Å²) < 4.78 is 5.95. The Kier molecular flexibility index (Phi) is 10.7. The Morgan fingerprint density at radius 3 is 2.21 bits per heavy atom. The molecule has 2 amide bonds. The minimum Gasteiger partial charge on any atom is -0.459 e. The Hall–Kier alpha value is -2.74. The zero-order valence-electron chi connectivity index (χ0n) is 22.9. The Morgan fingerprint density at radius 1 is 0.921 bits per heavy atom. The highest BCUT2D eigenvalue weighted by Gasteiger charge is 2.48. The molecule has 0 saturated carbocycles. The lowest BCUT2D eigenvalue weighted by Crippen LogP contribution is -2.51. The SMILES string of the molecule is CCCCCCCCCC(=O)OC(CN1CCN(c2ccccn2)CC1)CN1C(=O)[C@H]2CC=CC[C@H]2C1=O. The van der Waals surface area contributed by atoms with Crippen molar-refractivity contribution >= 4 is 23.6 Å². The van der Waals surface area contributed by atoms with Crippen molar-refractivity contribution in [3.63, 3.8) is 0 Å². The molecule has 2 saturated heterocycles. The normalized spacial score (nSPS) is 22.6. The van der Waals surface area contributed by atoms with Crippen LogP contribution >= 0.6 is 0 Å². The molecule has 0 radical (unpaired) electrons. The van der Waals surface area contributed by atoms with Gasteiger partial charge in [0, 0.05) is 45.3 Å². The molecule has 208 valence electrons. The first kappa shape index (κ1) is 28.3. The Morgan fingerprint density at radius 2 is 1.58 bits per heavy atom. The highest BCUT2D eigenvalue weighted by molar-refractivity contribution is 6.05. The second kappa shape index (κ2) is 14.4. The lowest BCUT2D eigenvalue weighted by molar-refractivity contribution is -0.155. The molecular formula is C30H44N4O4. The lowest BCUT2D eigenvalue weighted by Gasteiger charge is -2.37. The monoisotopic (exact) mass is 524 g/mol. The third kappa shape index (κ3) is 7.65. The Bertz CT molecular complexity index is 919. The van der Waals surface area contributed by atoms with E-state index < -0.39 is 6.10 Å². The predicted molar refractivity (Wildman–Crippen MR) is 147 cm³/mol. The molecule has 1 aliphatic carbocycles. The third-order valence-corrected chi connectivity index (χ3v) is 8.08. The average Bonchev–Trinajstić information content (AvgIpc) is 3.18. The second-order valence-electron chi connectivity index (χ2n) is 10.9. The highest BCUT2D eigenvalue weighted by Crippen LogP contribution is 2.35. The number of amides is 2. The topological polar surface area (TPSA) is 83.1 Å². The Balaban J connectivity index is 1.31. The van der Waals surface area contributed by atoms with E-state index in [9.17, 15) is 14.4 Å². The van der Waals surface area contributed by atoms with E-state index in [4.69, 9.17) is 4.74 Å². The molecule has 0 spiro atoms. The van der Waals surface area contributed by atoms with Gasteiger partial charge in [-0.3, -0.25) is 24.2 Å². The minimum absolute atomic E-state index is 0.113. The molecule has 0 bridgehead atoms. The molecule has 1 unspecified atom stereocenters. The minimum atomic E-state index is -0.519. The van der Waals surface area contributed by atoms with Crippen LogP contribution < -0.4 is 4.90 Å². The van der Waals surface area contributed by atoms with Gasteiger partial charge in [0.05, 0.1) is 18.4 Å². The van der Waals surface area contributed by atoms with Gasteiger partial charge in [-0.2, -0.15) is 0 Å². The van der Waals surface area contributed by atoms with Crippen LogP contribution in [0.15, 0.2) is 36.5 Å². The van der Waals surface area contributed by atoms with Crippen LogP contribution in [0.1, 0.15) is 71.1 Å². The summed E-state index contributed by atoms with van der Waals surface area (Å²) >= 11 is 0. The van der Waals surface area contributed by atoms with Gasteiger partial charge >= 0.3 is 5.97 Å². The summed E-state index contributed by atoms with van der Waals surface area (Å²) in [5, 5.41) is 0. The summed E-state index contributed by atoms with van der Waals surface area (Å²) in [6.45, 7) is 6.14. The molecule has 1 aromatic rings. The summed E-state index contributed by atoms with van der Waals surface area (Å²) in [6.07, 6.45) is 14.8. The Labute approximate surface area is 227 Å². The number of likely N-dealkylation sites (tertiary alicyclic amines) is 1. The van der Waals surface area contributed by atoms with Crippen molar-refractivity contribution < 1.29 is 19.1 Å². The quantitative estimate of drug-likeness (QED) is 0.156. The van der Waals surface area contributed by atoms with Crippen LogP contribution in [0.5, 0.6) is 0 Å². The maximum atomic E-state index is 13.1. The predicted octanol–water partition coefficient (Wildman–Crippen LogP) is 4.21. The number of imide groups is 1. The zero-order chi connectivity index (χ0) is 26.7. The summed E-state index contributed by atoms with van der Waals surface area (Å²) in [5.41, 5.74) is 0. The number of hydrogen-bond acceptors (Lipinski definition) is 7. The number of fused-ring (bicyclic) bond motifs is 1. The fraction of sp³-hybridized carbons (Fsp3) is 0.667. The molecule has 38 heavy (non-hydrogen) atoms. The number of rotatable bonds is 14. The van der Waals surface area contributed by atoms with E-state index in [0.29, 0.717) is 25.8 Å². The van der Waals surface area contributed by atoms with Crippen molar-refractivity contribution in [2.24, 2.45) is 11.8 Å². The number of ether oxygens (including phenoxy) is 1. The van der Waals surface area contributed by atoms with Crippen LogP contribution in [0.2, 0.25) is 0 Å². The summed E-state index contributed by atoms with van der Waals surface area (Å²) in [7, 11) is 0. The van der Waals surface area contributed by atoms with Gasteiger partial charge in [-0.25, -0.2) is 4.98 Å². The van der Waals surface area contributed by atoms with E-state index in [2.05, 4.69) is 21.7 Å². The number of carbonyl (C=O) groups is 3.